The molecule has 1 N–H and O–H groups in total. The van der Waals surface area contributed by atoms with Crippen LogP contribution in [0.5, 0.6) is 0 Å². The first-order valence-corrected chi connectivity index (χ1v) is 6.49. The van der Waals surface area contributed by atoms with Gasteiger partial charge in [-0.25, -0.2) is 0 Å². The summed E-state index contributed by atoms with van der Waals surface area (Å²) in [4.78, 5) is 0. The van der Waals surface area contributed by atoms with E-state index in [2.05, 4.69) is 36.5 Å². The molecule has 0 aliphatic carbocycles. The van der Waals surface area contributed by atoms with Crippen LogP contribution in [0.3, 0.4) is 0 Å². The molecule has 0 aromatic heterocycles. The summed E-state index contributed by atoms with van der Waals surface area (Å²) in [5.74, 6) is 0.869. The molecule has 2 aromatic rings. The maximum atomic E-state index is 5.62. The minimum Gasteiger partial charge on any atom is -0.494 e. The summed E-state index contributed by atoms with van der Waals surface area (Å²) in [6.07, 6.45) is 0. The summed E-state index contributed by atoms with van der Waals surface area (Å²) in [5.41, 5.74) is 3.23. The molecule has 0 aliphatic rings. The Kier molecular flexibility index (Phi) is 4.62. The third-order valence-corrected chi connectivity index (χ3v) is 2.88. The second kappa shape index (κ2) is 6.64. The zero-order valence-corrected chi connectivity index (χ0v) is 11.4. The molecule has 2 nitrogen and oxygen atoms in total. The summed E-state index contributed by atoms with van der Waals surface area (Å²) < 4.78 is 5.62. The van der Waals surface area contributed by atoms with Crippen molar-refractivity contribution in [3.05, 3.63) is 71.8 Å². The number of hydrogen-bond acceptors (Lipinski definition) is 2. The van der Waals surface area contributed by atoms with E-state index >= 15 is 0 Å². The van der Waals surface area contributed by atoms with Crippen LogP contribution in [0.15, 0.2) is 60.7 Å². The molecule has 0 bridgehead atoms. The maximum absolute atomic E-state index is 5.62. The van der Waals surface area contributed by atoms with E-state index in [1.54, 1.807) is 7.11 Å². The van der Waals surface area contributed by atoms with E-state index < -0.39 is 0 Å². The fourth-order valence-corrected chi connectivity index (χ4v) is 2.05. The Bertz CT molecular complexity index is 532. The molecular weight excluding hydrogens is 234 g/mol. The molecular formula is C17H19NO. The topological polar surface area (TPSA) is 21.3 Å². The Morgan fingerprint density at radius 2 is 1.42 bits per heavy atom. The van der Waals surface area contributed by atoms with Gasteiger partial charge in [0.05, 0.1) is 12.8 Å². The average Bonchev–Trinajstić information content (AvgIpc) is 2.49. The lowest BCUT2D eigenvalue weighted by molar-refractivity contribution is 0.370. The van der Waals surface area contributed by atoms with Crippen molar-refractivity contribution >= 4 is 11.5 Å². The van der Waals surface area contributed by atoms with Gasteiger partial charge in [-0.15, -0.1) is 0 Å². The molecule has 0 aliphatic heterocycles. The molecule has 0 atom stereocenters. The SMILES string of the molecule is CCNC(=C(OC)c1ccccc1)c1ccccc1. The second-order valence-electron chi connectivity index (χ2n) is 4.17. The van der Waals surface area contributed by atoms with Crippen molar-refractivity contribution in [3.8, 4) is 0 Å². The highest BCUT2D eigenvalue weighted by Crippen LogP contribution is 2.24. The first kappa shape index (κ1) is 13.2. The third-order valence-electron chi connectivity index (χ3n) is 2.88. The van der Waals surface area contributed by atoms with Crippen LogP contribution in [0.2, 0.25) is 0 Å². The number of ether oxygens (including phenoxy) is 1. The fourth-order valence-electron chi connectivity index (χ4n) is 2.05. The van der Waals surface area contributed by atoms with Gasteiger partial charge in [0.15, 0.2) is 0 Å². The van der Waals surface area contributed by atoms with Gasteiger partial charge in [0.25, 0.3) is 0 Å². The summed E-state index contributed by atoms with van der Waals surface area (Å²) in [5, 5.41) is 3.40. The zero-order valence-electron chi connectivity index (χ0n) is 11.4. The first-order valence-electron chi connectivity index (χ1n) is 6.49. The van der Waals surface area contributed by atoms with Crippen molar-refractivity contribution in [2.45, 2.75) is 6.92 Å². The molecule has 19 heavy (non-hydrogen) atoms. The van der Waals surface area contributed by atoms with Crippen molar-refractivity contribution < 1.29 is 4.74 Å². The van der Waals surface area contributed by atoms with Crippen molar-refractivity contribution in [2.75, 3.05) is 13.7 Å². The van der Waals surface area contributed by atoms with E-state index in [4.69, 9.17) is 4.74 Å². The van der Waals surface area contributed by atoms with Gasteiger partial charge in [-0.3, -0.25) is 0 Å². The third kappa shape index (κ3) is 3.16. The van der Waals surface area contributed by atoms with Gasteiger partial charge in [-0.05, 0) is 6.92 Å². The summed E-state index contributed by atoms with van der Waals surface area (Å²) >= 11 is 0. The monoisotopic (exact) mass is 253 g/mol. The fraction of sp³-hybridized carbons (Fsp3) is 0.176. The summed E-state index contributed by atoms with van der Waals surface area (Å²) in [6, 6.07) is 20.4. The van der Waals surface area contributed by atoms with E-state index in [9.17, 15) is 0 Å². The van der Waals surface area contributed by atoms with Crippen molar-refractivity contribution in [3.63, 3.8) is 0 Å². The van der Waals surface area contributed by atoms with Crippen molar-refractivity contribution in [2.24, 2.45) is 0 Å². The molecule has 0 saturated heterocycles. The maximum Gasteiger partial charge on any atom is 0.149 e. The number of methoxy groups -OCH3 is 1. The number of nitrogens with one attached hydrogen (secondary N) is 1. The highest BCUT2D eigenvalue weighted by Gasteiger charge is 2.11. The molecule has 0 fully saturated rings. The highest BCUT2D eigenvalue weighted by molar-refractivity contribution is 5.86. The molecule has 0 spiro atoms. The van der Waals surface area contributed by atoms with Crippen LogP contribution in [-0.2, 0) is 4.74 Å². The summed E-state index contributed by atoms with van der Waals surface area (Å²) in [7, 11) is 1.71. The van der Waals surface area contributed by atoms with E-state index in [1.807, 2.05) is 36.4 Å². The van der Waals surface area contributed by atoms with Crippen LogP contribution in [0, 0.1) is 0 Å². The highest BCUT2D eigenvalue weighted by atomic mass is 16.5. The molecule has 2 heteroatoms. The molecule has 0 unspecified atom stereocenters. The van der Waals surface area contributed by atoms with Gasteiger partial charge in [-0.1, -0.05) is 60.7 Å². The standard InChI is InChI=1S/C17H19NO/c1-3-18-16(14-10-6-4-7-11-14)17(19-2)15-12-8-5-9-13-15/h4-13,18H,3H2,1-2H3. The Hall–Kier alpha value is -2.22. The minimum absolute atomic E-state index is 0.851. The van der Waals surface area contributed by atoms with Gasteiger partial charge >= 0.3 is 0 Å². The van der Waals surface area contributed by atoms with Crippen molar-refractivity contribution in [1.29, 1.82) is 0 Å². The van der Waals surface area contributed by atoms with E-state index in [1.165, 1.54) is 0 Å². The Morgan fingerprint density at radius 1 is 0.895 bits per heavy atom. The van der Waals surface area contributed by atoms with E-state index in [0.29, 0.717) is 0 Å². The Morgan fingerprint density at radius 3 is 1.89 bits per heavy atom. The average molecular weight is 253 g/mol. The van der Waals surface area contributed by atoms with E-state index in [0.717, 1.165) is 29.1 Å². The molecule has 98 valence electrons. The van der Waals surface area contributed by atoms with E-state index in [-0.39, 0.29) is 0 Å². The number of hydrogen-bond donors (Lipinski definition) is 1. The second-order valence-corrected chi connectivity index (χ2v) is 4.17. The van der Waals surface area contributed by atoms with Crippen molar-refractivity contribution in [1.82, 2.24) is 5.32 Å². The lowest BCUT2D eigenvalue weighted by atomic mass is 10.1. The molecule has 0 saturated carbocycles. The van der Waals surface area contributed by atoms with Crippen LogP contribution in [0.4, 0.5) is 0 Å². The Balaban J connectivity index is 2.53. The van der Waals surface area contributed by atoms with Gasteiger partial charge in [0.1, 0.15) is 5.76 Å². The normalized spacial score (nSPS) is 11.7. The van der Waals surface area contributed by atoms with Crippen LogP contribution in [-0.4, -0.2) is 13.7 Å². The molecule has 0 amide bonds. The predicted molar refractivity (Wildman–Crippen MR) is 80.4 cm³/mol. The minimum atomic E-state index is 0.851. The summed E-state index contributed by atoms with van der Waals surface area (Å²) in [6.45, 7) is 2.94. The van der Waals surface area contributed by atoms with Crippen LogP contribution in [0.1, 0.15) is 18.1 Å². The molecule has 2 aromatic carbocycles. The van der Waals surface area contributed by atoms with Crippen LogP contribution in [0.25, 0.3) is 11.5 Å². The predicted octanol–water partition coefficient (Wildman–Crippen LogP) is 3.77. The first-order chi connectivity index (χ1) is 9.36. The largest absolute Gasteiger partial charge is 0.494 e. The number of rotatable bonds is 5. The van der Waals surface area contributed by atoms with Gasteiger partial charge in [0.2, 0.25) is 0 Å². The van der Waals surface area contributed by atoms with Gasteiger partial charge in [-0.2, -0.15) is 0 Å². The van der Waals surface area contributed by atoms with Gasteiger partial charge in [0, 0.05) is 17.7 Å². The Labute approximate surface area is 114 Å². The van der Waals surface area contributed by atoms with Crippen LogP contribution < -0.4 is 5.32 Å². The molecule has 0 heterocycles. The van der Waals surface area contributed by atoms with Gasteiger partial charge < -0.3 is 10.1 Å². The smallest absolute Gasteiger partial charge is 0.149 e. The zero-order chi connectivity index (χ0) is 13.5. The number of benzene rings is 2. The molecule has 2 rings (SSSR count). The quantitative estimate of drug-likeness (QED) is 0.647. The van der Waals surface area contributed by atoms with Crippen LogP contribution >= 0.6 is 0 Å². The molecule has 0 radical (unpaired) electrons. The lowest BCUT2D eigenvalue weighted by Gasteiger charge is -2.16. The lowest BCUT2D eigenvalue weighted by Crippen LogP contribution is -2.14.